The maximum absolute atomic E-state index is 12.3. The number of thiophene rings is 1. The second kappa shape index (κ2) is 6.19. The van der Waals surface area contributed by atoms with Crippen LogP contribution in [-0.4, -0.2) is 27.7 Å². The van der Waals surface area contributed by atoms with E-state index in [1.54, 1.807) is 11.3 Å². The van der Waals surface area contributed by atoms with Crippen LogP contribution in [0.1, 0.15) is 36.1 Å². The van der Waals surface area contributed by atoms with Crippen LogP contribution in [0, 0.1) is 25.7 Å². The number of amides is 1. The number of aryl methyl sites for hydroxylation is 2. The lowest BCUT2D eigenvalue weighted by atomic mass is 10.1. The van der Waals surface area contributed by atoms with Gasteiger partial charge in [-0.25, -0.2) is 9.97 Å². The Kier molecular flexibility index (Phi) is 4.16. The number of thioether (sulfide) groups is 1. The average molecular weight is 363 g/mol. The van der Waals surface area contributed by atoms with E-state index in [4.69, 9.17) is 5.73 Å². The number of carbonyl (C=O) groups excluding carboxylic acids is 1. The average Bonchev–Trinajstić information content (AvgIpc) is 3.44. The van der Waals surface area contributed by atoms with Crippen molar-refractivity contribution >= 4 is 45.0 Å². The van der Waals surface area contributed by atoms with E-state index in [-0.39, 0.29) is 5.91 Å². The molecule has 0 saturated heterocycles. The molecule has 2 aliphatic carbocycles. The summed E-state index contributed by atoms with van der Waals surface area (Å²) < 4.78 is 0. The molecule has 5 nitrogen and oxygen atoms in total. The molecule has 0 spiro atoms. The van der Waals surface area contributed by atoms with E-state index < -0.39 is 0 Å². The zero-order chi connectivity index (χ0) is 16.8. The minimum Gasteiger partial charge on any atom is -0.383 e. The summed E-state index contributed by atoms with van der Waals surface area (Å²) in [4.78, 5) is 23.4. The molecule has 0 atom stereocenters. The van der Waals surface area contributed by atoms with Gasteiger partial charge in [0.25, 0.3) is 0 Å². The van der Waals surface area contributed by atoms with Crippen LogP contribution in [0.4, 0.5) is 5.82 Å². The molecule has 2 aliphatic rings. The summed E-state index contributed by atoms with van der Waals surface area (Å²) >= 11 is 3.00. The van der Waals surface area contributed by atoms with Gasteiger partial charge in [0.2, 0.25) is 5.91 Å². The monoisotopic (exact) mass is 362 g/mol. The first-order valence-electron chi connectivity index (χ1n) is 8.48. The largest absolute Gasteiger partial charge is 0.383 e. The maximum Gasteiger partial charge on any atom is 0.230 e. The van der Waals surface area contributed by atoms with Crippen LogP contribution in [0.5, 0.6) is 0 Å². The molecule has 4 rings (SSSR count). The van der Waals surface area contributed by atoms with Crippen molar-refractivity contribution in [2.45, 2.75) is 50.7 Å². The highest BCUT2D eigenvalue weighted by Gasteiger charge is 2.42. The molecule has 2 aromatic heterocycles. The van der Waals surface area contributed by atoms with Gasteiger partial charge in [-0.2, -0.15) is 0 Å². The van der Waals surface area contributed by atoms with Gasteiger partial charge in [0.1, 0.15) is 10.6 Å². The number of anilines is 1. The van der Waals surface area contributed by atoms with Crippen LogP contribution in [-0.2, 0) is 4.79 Å². The number of fused-ring (bicyclic) bond motifs is 1. The third-order valence-corrected chi connectivity index (χ3v) is 6.90. The topological polar surface area (TPSA) is 80.9 Å². The molecule has 128 valence electrons. The number of rotatable bonds is 6. The van der Waals surface area contributed by atoms with Crippen LogP contribution in [0.2, 0.25) is 0 Å². The van der Waals surface area contributed by atoms with E-state index in [1.165, 1.54) is 42.3 Å². The molecule has 24 heavy (non-hydrogen) atoms. The van der Waals surface area contributed by atoms with Gasteiger partial charge in [0.05, 0.1) is 11.1 Å². The van der Waals surface area contributed by atoms with Gasteiger partial charge in [-0.05, 0) is 56.9 Å². The zero-order valence-electron chi connectivity index (χ0n) is 14.0. The number of nitrogens with two attached hydrogens (primary N) is 1. The predicted octanol–water partition coefficient (Wildman–Crippen LogP) is 3.29. The van der Waals surface area contributed by atoms with E-state index in [0.29, 0.717) is 34.6 Å². The Balaban J connectivity index is 1.41. The van der Waals surface area contributed by atoms with E-state index in [2.05, 4.69) is 22.2 Å². The SMILES string of the molecule is Cc1sc2nc(SCC(=O)NC(C3CC3)C3CC3)nc(N)c2c1C. The molecule has 0 aromatic carbocycles. The van der Waals surface area contributed by atoms with Crippen molar-refractivity contribution in [3.63, 3.8) is 0 Å². The summed E-state index contributed by atoms with van der Waals surface area (Å²) in [5.74, 6) is 2.38. The molecular formula is C17H22N4OS2. The Morgan fingerprint density at radius 1 is 1.29 bits per heavy atom. The normalized spacial score (nSPS) is 17.6. The minimum atomic E-state index is 0.0876. The van der Waals surface area contributed by atoms with E-state index in [0.717, 1.165) is 15.8 Å². The highest BCUT2D eigenvalue weighted by Crippen LogP contribution is 2.44. The van der Waals surface area contributed by atoms with E-state index in [9.17, 15) is 4.79 Å². The number of hydrogen-bond donors (Lipinski definition) is 2. The van der Waals surface area contributed by atoms with Gasteiger partial charge in [-0.15, -0.1) is 11.3 Å². The summed E-state index contributed by atoms with van der Waals surface area (Å²) in [7, 11) is 0. The number of nitrogens with zero attached hydrogens (tertiary/aromatic N) is 2. The fraction of sp³-hybridized carbons (Fsp3) is 0.588. The Bertz CT molecular complexity index is 783. The van der Waals surface area contributed by atoms with Crippen molar-refractivity contribution in [1.29, 1.82) is 0 Å². The fourth-order valence-corrected chi connectivity index (χ4v) is 4.97. The van der Waals surface area contributed by atoms with Crippen molar-refractivity contribution in [2.75, 3.05) is 11.5 Å². The number of carbonyl (C=O) groups is 1. The fourth-order valence-electron chi connectivity index (χ4n) is 3.21. The second-order valence-corrected chi connectivity index (χ2v) is 9.06. The Labute approximate surface area is 149 Å². The lowest BCUT2D eigenvalue weighted by molar-refractivity contribution is -0.119. The molecule has 0 aliphatic heterocycles. The van der Waals surface area contributed by atoms with Crippen molar-refractivity contribution in [3.05, 3.63) is 10.4 Å². The highest BCUT2D eigenvalue weighted by atomic mass is 32.2. The van der Waals surface area contributed by atoms with Gasteiger partial charge < -0.3 is 11.1 Å². The molecule has 3 N–H and O–H groups in total. The van der Waals surface area contributed by atoms with Gasteiger partial charge in [0.15, 0.2) is 5.16 Å². The highest BCUT2D eigenvalue weighted by molar-refractivity contribution is 7.99. The lowest BCUT2D eigenvalue weighted by Gasteiger charge is -2.17. The quantitative estimate of drug-likeness (QED) is 0.609. The molecule has 2 aromatic rings. The molecule has 2 fully saturated rings. The van der Waals surface area contributed by atoms with Crippen LogP contribution >= 0.6 is 23.1 Å². The van der Waals surface area contributed by atoms with Crippen LogP contribution in [0.25, 0.3) is 10.2 Å². The van der Waals surface area contributed by atoms with E-state index >= 15 is 0 Å². The van der Waals surface area contributed by atoms with Gasteiger partial charge in [-0.3, -0.25) is 4.79 Å². The first-order valence-corrected chi connectivity index (χ1v) is 10.3. The third-order valence-electron chi connectivity index (χ3n) is 4.96. The molecule has 7 heteroatoms. The Morgan fingerprint density at radius 2 is 1.96 bits per heavy atom. The van der Waals surface area contributed by atoms with Gasteiger partial charge in [-0.1, -0.05) is 11.8 Å². The number of nitrogens with one attached hydrogen (secondary N) is 1. The zero-order valence-corrected chi connectivity index (χ0v) is 15.6. The van der Waals surface area contributed by atoms with Crippen LogP contribution in [0.15, 0.2) is 5.16 Å². The maximum atomic E-state index is 12.3. The molecule has 2 heterocycles. The standard InChI is InChI=1S/C17H22N4OS2/c1-8-9(2)24-16-13(8)15(18)20-17(21-16)23-7-12(22)19-14(10-3-4-10)11-5-6-11/h10-11,14H,3-7H2,1-2H3,(H,19,22)(H2,18,20,21). The number of nitrogen functional groups attached to an aromatic ring is 1. The summed E-state index contributed by atoms with van der Waals surface area (Å²) in [5, 5.41) is 4.77. The van der Waals surface area contributed by atoms with Crippen molar-refractivity contribution < 1.29 is 4.79 Å². The Morgan fingerprint density at radius 3 is 2.58 bits per heavy atom. The summed E-state index contributed by atoms with van der Waals surface area (Å²) in [5.41, 5.74) is 7.25. The smallest absolute Gasteiger partial charge is 0.230 e. The summed E-state index contributed by atoms with van der Waals surface area (Å²) in [6, 6.07) is 0.397. The lowest BCUT2D eigenvalue weighted by Crippen LogP contribution is -2.39. The summed E-state index contributed by atoms with van der Waals surface area (Å²) in [6.45, 7) is 4.11. The Hall–Kier alpha value is -1.34. The molecule has 0 unspecified atom stereocenters. The predicted molar refractivity (Wildman–Crippen MR) is 99.4 cm³/mol. The number of hydrogen-bond acceptors (Lipinski definition) is 6. The van der Waals surface area contributed by atoms with Crippen molar-refractivity contribution in [3.8, 4) is 0 Å². The van der Waals surface area contributed by atoms with Crippen molar-refractivity contribution in [1.82, 2.24) is 15.3 Å². The van der Waals surface area contributed by atoms with Gasteiger partial charge >= 0.3 is 0 Å². The molecular weight excluding hydrogens is 340 g/mol. The van der Waals surface area contributed by atoms with Crippen molar-refractivity contribution in [2.24, 2.45) is 11.8 Å². The van der Waals surface area contributed by atoms with Crippen LogP contribution in [0.3, 0.4) is 0 Å². The minimum absolute atomic E-state index is 0.0876. The molecule has 0 radical (unpaired) electrons. The third kappa shape index (κ3) is 3.24. The molecule has 0 bridgehead atoms. The van der Waals surface area contributed by atoms with E-state index in [1.807, 2.05) is 6.92 Å². The second-order valence-electron chi connectivity index (χ2n) is 6.91. The molecule has 2 saturated carbocycles. The first kappa shape index (κ1) is 16.1. The number of aromatic nitrogens is 2. The summed E-state index contributed by atoms with van der Waals surface area (Å²) in [6.07, 6.45) is 5.06. The molecule has 1 amide bonds. The van der Waals surface area contributed by atoms with Crippen LogP contribution < -0.4 is 11.1 Å². The van der Waals surface area contributed by atoms with Gasteiger partial charge in [0, 0.05) is 10.9 Å². The first-order chi connectivity index (χ1) is 11.5.